The van der Waals surface area contributed by atoms with Gasteiger partial charge in [-0.3, -0.25) is 0 Å². The second kappa shape index (κ2) is 5.36. The van der Waals surface area contributed by atoms with Crippen LogP contribution in [0, 0.1) is 20.8 Å². The molecule has 2 rings (SSSR count). The first-order valence-corrected chi connectivity index (χ1v) is 6.23. The lowest BCUT2D eigenvalue weighted by molar-refractivity contribution is 0.0162. The van der Waals surface area contributed by atoms with Crippen LogP contribution in [0.2, 0.25) is 0 Å². The Morgan fingerprint density at radius 3 is 2.67 bits per heavy atom. The maximum Gasteiger partial charge on any atom is 0.124 e. The van der Waals surface area contributed by atoms with E-state index in [2.05, 4.69) is 44.8 Å². The predicted octanol–water partition coefficient (Wildman–Crippen LogP) is 3.54. The van der Waals surface area contributed by atoms with Crippen LogP contribution in [-0.2, 0) is 11.5 Å². The molecule has 1 unspecified atom stereocenters. The molecule has 0 aliphatic heterocycles. The molecule has 0 aliphatic carbocycles. The van der Waals surface area contributed by atoms with Gasteiger partial charge in [0.15, 0.2) is 0 Å². The van der Waals surface area contributed by atoms with E-state index in [0.29, 0.717) is 6.73 Å². The van der Waals surface area contributed by atoms with Crippen LogP contribution in [0.1, 0.15) is 35.3 Å². The van der Waals surface area contributed by atoms with E-state index >= 15 is 0 Å². The van der Waals surface area contributed by atoms with Crippen molar-refractivity contribution in [1.29, 1.82) is 0 Å². The third-order valence-electron chi connectivity index (χ3n) is 3.57. The van der Waals surface area contributed by atoms with Gasteiger partial charge in [-0.1, -0.05) is 12.1 Å². The normalized spacial score (nSPS) is 12.7. The van der Waals surface area contributed by atoms with Crippen molar-refractivity contribution >= 4 is 0 Å². The van der Waals surface area contributed by atoms with Crippen molar-refractivity contribution in [1.82, 2.24) is 9.55 Å². The minimum Gasteiger partial charge on any atom is -0.353 e. The van der Waals surface area contributed by atoms with E-state index in [4.69, 9.17) is 4.74 Å². The van der Waals surface area contributed by atoms with E-state index in [1.54, 1.807) is 12.5 Å². The fourth-order valence-electron chi connectivity index (χ4n) is 2.07. The number of ether oxygens (including phenoxy) is 1. The summed E-state index contributed by atoms with van der Waals surface area (Å²) < 4.78 is 7.79. The van der Waals surface area contributed by atoms with Gasteiger partial charge in [-0.15, -0.1) is 0 Å². The molecular weight excluding hydrogens is 224 g/mol. The molecule has 1 aromatic carbocycles. The molecular formula is C15H20N2O. The number of hydrogen-bond acceptors (Lipinski definition) is 2. The summed E-state index contributed by atoms with van der Waals surface area (Å²) in [7, 11) is 0. The van der Waals surface area contributed by atoms with Gasteiger partial charge in [0.25, 0.3) is 0 Å². The van der Waals surface area contributed by atoms with Gasteiger partial charge in [0, 0.05) is 12.4 Å². The average molecular weight is 244 g/mol. The van der Waals surface area contributed by atoms with E-state index in [1.807, 2.05) is 10.8 Å². The van der Waals surface area contributed by atoms with E-state index in [1.165, 1.54) is 22.3 Å². The molecule has 1 heterocycles. The highest BCUT2D eigenvalue weighted by Gasteiger charge is 2.11. The molecule has 1 atom stereocenters. The number of aryl methyl sites for hydroxylation is 1. The van der Waals surface area contributed by atoms with Crippen LogP contribution in [0.3, 0.4) is 0 Å². The molecule has 0 spiro atoms. The Kier molecular flexibility index (Phi) is 3.82. The topological polar surface area (TPSA) is 27.1 Å². The highest BCUT2D eigenvalue weighted by molar-refractivity contribution is 5.39. The first-order chi connectivity index (χ1) is 8.59. The fourth-order valence-corrected chi connectivity index (χ4v) is 2.07. The molecule has 3 heteroatoms. The molecule has 1 aromatic heterocycles. The summed E-state index contributed by atoms with van der Waals surface area (Å²) >= 11 is 0. The van der Waals surface area contributed by atoms with Crippen LogP contribution < -0.4 is 0 Å². The zero-order valence-corrected chi connectivity index (χ0v) is 11.5. The SMILES string of the molecule is Cc1ccc(C(C)OCn2ccnc2)c(C)c1C. The number of hydrogen-bond donors (Lipinski definition) is 0. The maximum atomic E-state index is 5.87. The van der Waals surface area contributed by atoms with Crippen molar-refractivity contribution in [2.45, 2.75) is 40.5 Å². The van der Waals surface area contributed by atoms with Crippen LogP contribution in [0.5, 0.6) is 0 Å². The Morgan fingerprint density at radius 1 is 1.22 bits per heavy atom. The summed E-state index contributed by atoms with van der Waals surface area (Å²) in [5.74, 6) is 0. The Labute approximate surface area is 108 Å². The van der Waals surface area contributed by atoms with Crippen LogP contribution >= 0.6 is 0 Å². The summed E-state index contributed by atoms with van der Waals surface area (Å²) in [6, 6.07) is 4.32. The summed E-state index contributed by atoms with van der Waals surface area (Å²) in [5.41, 5.74) is 5.27. The van der Waals surface area contributed by atoms with Gasteiger partial charge in [-0.25, -0.2) is 4.98 Å². The molecule has 0 radical (unpaired) electrons. The van der Waals surface area contributed by atoms with Crippen LogP contribution in [0.15, 0.2) is 30.9 Å². The molecule has 2 aromatic rings. The monoisotopic (exact) mass is 244 g/mol. The zero-order valence-electron chi connectivity index (χ0n) is 11.5. The van der Waals surface area contributed by atoms with Gasteiger partial charge >= 0.3 is 0 Å². The van der Waals surface area contributed by atoms with Gasteiger partial charge in [-0.05, 0) is 49.9 Å². The number of nitrogens with zero attached hydrogens (tertiary/aromatic N) is 2. The third kappa shape index (κ3) is 2.62. The van der Waals surface area contributed by atoms with Gasteiger partial charge in [0.1, 0.15) is 6.73 Å². The highest BCUT2D eigenvalue weighted by Crippen LogP contribution is 2.25. The van der Waals surface area contributed by atoms with E-state index < -0.39 is 0 Å². The van der Waals surface area contributed by atoms with Crippen LogP contribution in [0.25, 0.3) is 0 Å². The lowest BCUT2D eigenvalue weighted by atomic mass is 9.96. The third-order valence-corrected chi connectivity index (χ3v) is 3.57. The highest BCUT2D eigenvalue weighted by atomic mass is 16.5. The quantitative estimate of drug-likeness (QED) is 0.822. The van der Waals surface area contributed by atoms with Crippen molar-refractivity contribution in [2.75, 3.05) is 0 Å². The van der Waals surface area contributed by atoms with Crippen molar-refractivity contribution in [2.24, 2.45) is 0 Å². The van der Waals surface area contributed by atoms with Crippen molar-refractivity contribution in [3.8, 4) is 0 Å². The second-order valence-corrected chi connectivity index (χ2v) is 4.74. The summed E-state index contributed by atoms with van der Waals surface area (Å²) in [6.45, 7) is 9.09. The standard InChI is InChI=1S/C15H20N2O/c1-11-5-6-15(13(3)12(11)2)14(4)18-10-17-8-7-16-9-17/h5-9,14H,10H2,1-4H3. The molecule has 18 heavy (non-hydrogen) atoms. The first-order valence-electron chi connectivity index (χ1n) is 6.23. The maximum absolute atomic E-state index is 5.87. The largest absolute Gasteiger partial charge is 0.353 e. The smallest absolute Gasteiger partial charge is 0.124 e. The van der Waals surface area contributed by atoms with Crippen molar-refractivity contribution in [3.05, 3.63) is 53.1 Å². The molecule has 0 amide bonds. The fraction of sp³-hybridized carbons (Fsp3) is 0.400. The van der Waals surface area contributed by atoms with Gasteiger partial charge < -0.3 is 9.30 Å². The molecule has 0 bridgehead atoms. The zero-order chi connectivity index (χ0) is 13.1. The number of benzene rings is 1. The van der Waals surface area contributed by atoms with Crippen LogP contribution in [0.4, 0.5) is 0 Å². The summed E-state index contributed by atoms with van der Waals surface area (Å²) in [4.78, 5) is 4.00. The Bertz CT molecular complexity index is 518. The molecule has 96 valence electrons. The molecule has 0 aliphatic rings. The Balaban J connectivity index is 2.09. The molecule has 0 fully saturated rings. The molecule has 0 saturated heterocycles. The Morgan fingerprint density at radius 2 is 2.00 bits per heavy atom. The number of rotatable bonds is 4. The van der Waals surface area contributed by atoms with E-state index in [-0.39, 0.29) is 6.10 Å². The average Bonchev–Trinajstić information content (AvgIpc) is 2.86. The number of aromatic nitrogens is 2. The minimum absolute atomic E-state index is 0.0895. The number of imidazole rings is 1. The minimum atomic E-state index is 0.0895. The van der Waals surface area contributed by atoms with E-state index in [9.17, 15) is 0 Å². The molecule has 3 nitrogen and oxygen atoms in total. The Hall–Kier alpha value is -1.61. The summed E-state index contributed by atoms with van der Waals surface area (Å²) in [5, 5.41) is 0. The van der Waals surface area contributed by atoms with E-state index in [0.717, 1.165) is 0 Å². The van der Waals surface area contributed by atoms with Gasteiger partial charge in [0.2, 0.25) is 0 Å². The predicted molar refractivity (Wildman–Crippen MR) is 72.4 cm³/mol. The first kappa shape index (κ1) is 12.8. The van der Waals surface area contributed by atoms with Crippen molar-refractivity contribution in [3.63, 3.8) is 0 Å². The van der Waals surface area contributed by atoms with Gasteiger partial charge in [-0.2, -0.15) is 0 Å². The molecule has 0 N–H and O–H groups in total. The lowest BCUT2D eigenvalue weighted by Gasteiger charge is -2.18. The van der Waals surface area contributed by atoms with Crippen molar-refractivity contribution < 1.29 is 4.74 Å². The second-order valence-electron chi connectivity index (χ2n) is 4.74. The van der Waals surface area contributed by atoms with Crippen LogP contribution in [-0.4, -0.2) is 9.55 Å². The lowest BCUT2D eigenvalue weighted by Crippen LogP contribution is -2.07. The van der Waals surface area contributed by atoms with Gasteiger partial charge in [0.05, 0.1) is 12.4 Å². The molecule has 0 saturated carbocycles. The summed E-state index contributed by atoms with van der Waals surface area (Å²) in [6.07, 6.45) is 5.52.